The number of rotatable bonds is 6. The molecule has 0 unspecified atom stereocenters. The third kappa shape index (κ3) is 3.63. The van der Waals surface area contributed by atoms with Crippen LogP contribution in [0.4, 0.5) is 0 Å². The number of carboxylic acids is 1. The Balaban J connectivity index is 2.41. The van der Waals surface area contributed by atoms with E-state index in [4.69, 9.17) is 5.11 Å². The van der Waals surface area contributed by atoms with Crippen LogP contribution in [0.25, 0.3) is 0 Å². The van der Waals surface area contributed by atoms with Gasteiger partial charge in [-0.1, -0.05) is 0 Å². The zero-order valence-corrected chi connectivity index (χ0v) is 8.96. The van der Waals surface area contributed by atoms with E-state index in [1.807, 2.05) is 0 Å². The van der Waals surface area contributed by atoms with E-state index >= 15 is 0 Å². The average Bonchev–Trinajstić information content (AvgIpc) is 2.85. The highest BCUT2D eigenvalue weighted by atomic mass is 32.2. The van der Waals surface area contributed by atoms with Crippen LogP contribution in [-0.4, -0.2) is 43.1 Å². The summed E-state index contributed by atoms with van der Waals surface area (Å²) in [6.45, 7) is 0.530. The number of nitrogens with zero attached hydrogens (tertiary/aromatic N) is 1. The summed E-state index contributed by atoms with van der Waals surface area (Å²) in [5.41, 5.74) is 0. The Morgan fingerprint density at radius 3 is 2.50 bits per heavy atom. The molecule has 0 amide bonds. The highest BCUT2D eigenvalue weighted by Gasteiger charge is 2.28. The highest BCUT2D eigenvalue weighted by Crippen LogP contribution is 2.30. The number of carbonyl (C=O) groups is 1. The van der Waals surface area contributed by atoms with Gasteiger partial charge in [-0.2, -0.15) is 0 Å². The number of hydrogen-bond donors (Lipinski definition) is 1. The molecule has 6 heteroatoms. The van der Waals surface area contributed by atoms with Gasteiger partial charge in [0.25, 0.3) is 0 Å². The first-order chi connectivity index (χ1) is 6.42. The zero-order chi connectivity index (χ0) is 10.8. The van der Waals surface area contributed by atoms with Crippen LogP contribution in [0.1, 0.15) is 19.3 Å². The van der Waals surface area contributed by atoms with Crippen molar-refractivity contribution in [2.75, 3.05) is 19.3 Å². The second-order valence-electron chi connectivity index (χ2n) is 3.68. The van der Waals surface area contributed by atoms with Crippen LogP contribution >= 0.6 is 0 Å². The quantitative estimate of drug-likeness (QED) is 0.692. The van der Waals surface area contributed by atoms with Gasteiger partial charge in [0.1, 0.15) is 0 Å². The summed E-state index contributed by atoms with van der Waals surface area (Å²) in [5.74, 6) is -0.890. The van der Waals surface area contributed by atoms with E-state index in [0.717, 1.165) is 12.8 Å². The van der Waals surface area contributed by atoms with Crippen LogP contribution in [0.2, 0.25) is 0 Å². The van der Waals surface area contributed by atoms with Crippen LogP contribution < -0.4 is 0 Å². The minimum absolute atomic E-state index is 0.300. The first-order valence-electron chi connectivity index (χ1n) is 4.57. The van der Waals surface area contributed by atoms with Gasteiger partial charge in [0.15, 0.2) is 0 Å². The average molecular weight is 221 g/mol. The molecule has 0 aliphatic heterocycles. The van der Waals surface area contributed by atoms with Crippen molar-refractivity contribution in [3.63, 3.8) is 0 Å². The second kappa shape index (κ2) is 4.27. The largest absolute Gasteiger partial charge is 0.481 e. The fourth-order valence-corrected chi connectivity index (χ4v) is 2.33. The summed E-state index contributed by atoms with van der Waals surface area (Å²) in [5, 5.41) is 8.37. The fraction of sp³-hybridized carbons (Fsp3) is 0.875. The molecule has 1 aliphatic carbocycles. The molecular formula is C8H15NO4S. The maximum absolute atomic E-state index is 11.5. The Bertz CT molecular complexity index is 307. The van der Waals surface area contributed by atoms with E-state index in [2.05, 4.69) is 0 Å². The van der Waals surface area contributed by atoms with Gasteiger partial charge in [0, 0.05) is 13.6 Å². The molecule has 1 aliphatic rings. The predicted octanol–water partition coefficient (Wildman–Crippen LogP) is 0.133. The van der Waals surface area contributed by atoms with E-state index in [1.54, 1.807) is 0 Å². The van der Waals surface area contributed by atoms with E-state index in [-0.39, 0.29) is 12.2 Å². The Hall–Kier alpha value is -0.620. The zero-order valence-electron chi connectivity index (χ0n) is 8.14. The number of carboxylic acid groups (broad SMARTS) is 1. The van der Waals surface area contributed by atoms with Gasteiger partial charge >= 0.3 is 5.97 Å². The monoisotopic (exact) mass is 221 g/mol. The first-order valence-corrected chi connectivity index (χ1v) is 6.18. The molecule has 0 aromatic rings. The van der Waals surface area contributed by atoms with Gasteiger partial charge in [-0.05, 0) is 18.8 Å². The van der Waals surface area contributed by atoms with Gasteiger partial charge < -0.3 is 5.11 Å². The summed E-state index contributed by atoms with van der Waals surface area (Å²) in [4.78, 5) is 10.2. The predicted molar refractivity (Wildman–Crippen MR) is 51.4 cm³/mol. The van der Waals surface area contributed by atoms with Crippen LogP contribution in [0.15, 0.2) is 0 Å². The van der Waals surface area contributed by atoms with Crippen molar-refractivity contribution in [2.45, 2.75) is 19.3 Å². The maximum Gasteiger partial charge on any atom is 0.304 e. The molecular weight excluding hydrogens is 206 g/mol. The van der Waals surface area contributed by atoms with Crippen LogP contribution in [-0.2, 0) is 14.8 Å². The minimum Gasteiger partial charge on any atom is -0.481 e. The van der Waals surface area contributed by atoms with Crippen LogP contribution in [0.5, 0.6) is 0 Å². The van der Waals surface area contributed by atoms with Gasteiger partial charge in [-0.25, -0.2) is 12.7 Å². The molecule has 0 atom stereocenters. The number of aliphatic carboxylic acids is 1. The lowest BCUT2D eigenvalue weighted by atomic mass is 10.4. The molecule has 0 radical (unpaired) electrons. The van der Waals surface area contributed by atoms with Gasteiger partial charge in [0.05, 0.1) is 12.2 Å². The number of sulfonamides is 1. The smallest absolute Gasteiger partial charge is 0.304 e. The van der Waals surface area contributed by atoms with Crippen molar-refractivity contribution in [1.82, 2.24) is 4.31 Å². The van der Waals surface area contributed by atoms with Crippen molar-refractivity contribution >= 4 is 16.0 Å². The summed E-state index contributed by atoms with van der Waals surface area (Å²) in [7, 11) is -1.85. The van der Waals surface area contributed by atoms with Crippen molar-refractivity contribution in [3.8, 4) is 0 Å². The number of hydrogen-bond acceptors (Lipinski definition) is 3. The standard InChI is InChI=1S/C8H15NO4S/c1-9(6-7-2-3-7)14(12,13)5-4-8(10)11/h7H,2-6H2,1H3,(H,10,11). The van der Waals surface area contributed by atoms with Crippen molar-refractivity contribution in [1.29, 1.82) is 0 Å². The molecule has 0 spiro atoms. The lowest BCUT2D eigenvalue weighted by molar-refractivity contribution is -0.136. The summed E-state index contributed by atoms with van der Waals surface area (Å²) >= 11 is 0. The van der Waals surface area contributed by atoms with Gasteiger partial charge in [-0.3, -0.25) is 4.79 Å². The third-order valence-corrected chi connectivity index (χ3v) is 4.08. The Morgan fingerprint density at radius 2 is 2.07 bits per heavy atom. The fourth-order valence-electron chi connectivity index (χ4n) is 1.15. The Morgan fingerprint density at radius 1 is 1.50 bits per heavy atom. The molecule has 0 aromatic carbocycles. The molecule has 0 saturated heterocycles. The topological polar surface area (TPSA) is 74.7 Å². The lowest BCUT2D eigenvalue weighted by Crippen LogP contribution is -2.31. The van der Waals surface area contributed by atoms with Gasteiger partial charge in [0.2, 0.25) is 10.0 Å². The van der Waals surface area contributed by atoms with E-state index in [1.165, 1.54) is 11.4 Å². The van der Waals surface area contributed by atoms with Crippen LogP contribution in [0.3, 0.4) is 0 Å². The van der Waals surface area contributed by atoms with Crippen LogP contribution in [0, 0.1) is 5.92 Å². The molecule has 1 fully saturated rings. The Kier molecular flexibility index (Phi) is 3.49. The maximum atomic E-state index is 11.5. The normalized spacial score (nSPS) is 17.3. The third-order valence-electron chi connectivity index (χ3n) is 2.26. The van der Waals surface area contributed by atoms with E-state index in [9.17, 15) is 13.2 Å². The summed E-state index contributed by atoms with van der Waals surface area (Å²) in [6.07, 6.45) is 1.84. The molecule has 14 heavy (non-hydrogen) atoms. The SMILES string of the molecule is CN(CC1CC1)S(=O)(=O)CCC(=O)O. The van der Waals surface area contributed by atoms with Crippen molar-refractivity contribution < 1.29 is 18.3 Å². The molecule has 5 nitrogen and oxygen atoms in total. The van der Waals surface area contributed by atoms with E-state index in [0.29, 0.717) is 12.5 Å². The summed E-state index contributed by atoms with van der Waals surface area (Å²) < 4.78 is 24.2. The van der Waals surface area contributed by atoms with Crippen molar-refractivity contribution in [3.05, 3.63) is 0 Å². The molecule has 1 rings (SSSR count). The molecule has 1 N–H and O–H groups in total. The minimum atomic E-state index is -3.36. The van der Waals surface area contributed by atoms with E-state index < -0.39 is 16.0 Å². The molecule has 82 valence electrons. The summed E-state index contributed by atoms with van der Waals surface area (Å²) in [6, 6.07) is 0. The molecule has 0 aromatic heterocycles. The lowest BCUT2D eigenvalue weighted by Gasteiger charge is -2.15. The second-order valence-corrected chi connectivity index (χ2v) is 5.88. The Labute approximate surface area is 83.8 Å². The molecule has 0 heterocycles. The molecule has 0 bridgehead atoms. The van der Waals surface area contributed by atoms with Gasteiger partial charge in [-0.15, -0.1) is 0 Å². The van der Waals surface area contributed by atoms with Crippen molar-refractivity contribution in [2.24, 2.45) is 5.92 Å². The highest BCUT2D eigenvalue weighted by molar-refractivity contribution is 7.89. The molecule has 1 saturated carbocycles. The first kappa shape index (κ1) is 11.5.